The number of benzene rings is 2. The number of hydrogen-bond acceptors (Lipinski definition) is 4. The third-order valence-corrected chi connectivity index (χ3v) is 10.7. The quantitative estimate of drug-likeness (QED) is 0.784. The van der Waals surface area contributed by atoms with Crippen LogP contribution >= 0.6 is 0 Å². The van der Waals surface area contributed by atoms with Gasteiger partial charge in [-0.2, -0.15) is 0 Å². The van der Waals surface area contributed by atoms with E-state index in [1.807, 2.05) is 19.1 Å². The Morgan fingerprint density at radius 3 is 1.86 bits per heavy atom. The van der Waals surface area contributed by atoms with E-state index in [1.54, 1.807) is 7.11 Å². The van der Waals surface area contributed by atoms with Crippen LogP contribution in [-0.4, -0.2) is 45.1 Å². The summed E-state index contributed by atoms with van der Waals surface area (Å²) in [4.78, 5) is 0. The summed E-state index contributed by atoms with van der Waals surface area (Å²) < 4.78 is 18.3. The van der Waals surface area contributed by atoms with Gasteiger partial charge in [-0.05, 0) is 22.3 Å². The molecule has 1 saturated heterocycles. The zero-order chi connectivity index (χ0) is 20.4. The fourth-order valence-corrected chi connectivity index (χ4v) is 9.01. The smallest absolute Gasteiger partial charge is 0.261 e. The molecule has 1 fully saturated rings. The Labute approximate surface area is 169 Å². The molecule has 1 aliphatic heterocycles. The van der Waals surface area contributed by atoms with Crippen molar-refractivity contribution in [1.29, 1.82) is 0 Å². The van der Waals surface area contributed by atoms with E-state index in [0.717, 1.165) is 0 Å². The van der Waals surface area contributed by atoms with Crippen molar-refractivity contribution in [2.45, 2.75) is 63.8 Å². The molecule has 0 unspecified atom stereocenters. The van der Waals surface area contributed by atoms with E-state index < -0.39 is 26.8 Å². The summed E-state index contributed by atoms with van der Waals surface area (Å²) in [6.07, 6.45) is -1.32. The first-order chi connectivity index (χ1) is 13.3. The molecule has 0 radical (unpaired) electrons. The molecular weight excluding hydrogens is 368 g/mol. The van der Waals surface area contributed by atoms with Crippen molar-refractivity contribution in [3.63, 3.8) is 0 Å². The van der Waals surface area contributed by atoms with E-state index in [0.29, 0.717) is 6.42 Å². The van der Waals surface area contributed by atoms with Crippen molar-refractivity contribution in [3.05, 3.63) is 60.7 Å². The number of hydrogen-bond donors (Lipinski definition) is 1. The number of aliphatic hydroxyl groups excluding tert-OH is 1. The molecule has 1 aliphatic rings. The van der Waals surface area contributed by atoms with Gasteiger partial charge >= 0.3 is 0 Å². The van der Waals surface area contributed by atoms with Crippen molar-refractivity contribution >= 4 is 18.7 Å². The van der Waals surface area contributed by atoms with Gasteiger partial charge < -0.3 is 19.0 Å². The summed E-state index contributed by atoms with van der Waals surface area (Å²) >= 11 is 0. The molecule has 28 heavy (non-hydrogen) atoms. The standard InChI is InChI=1S/C23H32O4Si/c1-17-22(20(24)16-21(25-5)26-17)27-28(23(2,3)4,18-12-8-6-9-13-18)19-14-10-7-11-15-19/h6-15,17,20-22,24H,16H2,1-5H3/t17-,20-,21+,22-/m0/s1. The maximum absolute atomic E-state index is 10.9. The van der Waals surface area contributed by atoms with Gasteiger partial charge in [-0.3, -0.25) is 0 Å². The van der Waals surface area contributed by atoms with Crippen molar-refractivity contribution < 1.29 is 19.0 Å². The average Bonchev–Trinajstić information content (AvgIpc) is 2.68. The van der Waals surface area contributed by atoms with Crippen LogP contribution in [0.15, 0.2) is 60.7 Å². The molecule has 2 aromatic carbocycles. The second-order valence-corrected chi connectivity index (χ2v) is 12.8. The van der Waals surface area contributed by atoms with Crippen molar-refractivity contribution in [3.8, 4) is 0 Å². The molecule has 0 aliphatic carbocycles. The van der Waals surface area contributed by atoms with Crippen LogP contribution in [0, 0.1) is 0 Å². The summed E-state index contributed by atoms with van der Waals surface area (Å²) in [5.41, 5.74) is 0. The Balaban J connectivity index is 2.11. The zero-order valence-electron chi connectivity index (χ0n) is 17.5. The number of aliphatic hydroxyl groups is 1. The third-order valence-electron chi connectivity index (χ3n) is 5.63. The molecule has 0 amide bonds. The van der Waals surface area contributed by atoms with E-state index in [2.05, 4.69) is 69.3 Å². The minimum atomic E-state index is -2.73. The Bertz CT molecular complexity index is 693. The topological polar surface area (TPSA) is 47.9 Å². The Morgan fingerprint density at radius 1 is 0.964 bits per heavy atom. The Kier molecular flexibility index (Phi) is 6.42. The van der Waals surface area contributed by atoms with Crippen LogP contribution in [0.4, 0.5) is 0 Å². The SMILES string of the molecule is CO[C@H]1C[C@H](O)[C@@H](O[Si](c2ccccc2)(c2ccccc2)C(C)(C)C)[C@H](C)O1. The largest absolute Gasteiger partial charge is 0.399 e. The van der Waals surface area contributed by atoms with E-state index in [9.17, 15) is 5.11 Å². The lowest BCUT2D eigenvalue weighted by molar-refractivity contribution is -0.233. The monoisotopic (exact) mass is 400 g/mol. The van der Waals surface area contributed by atoms with Gasteiger partial charge in [0.25, 0.3) is 8.32 Å². The summed E-state index contributed by atoms with van der Waals surface area (Å²) in [7, 11) is -1.13. The molecule has 0 saturated carbocycles. The van der Waals surface area contributed by atoms with Gasteiger partial charge in [0.15, 0.2) is 6.29 Å². The highest BCUT2D eigenvalue weighted by atomic mass is 28.4. The minimum Gasteiger partial charge on any atom is -0.399 e. The molecule has 1 heterocycles. The van der Waals surface area contributed by atoms with E-state index >= 15 is 0 Å². The fourth-order valence-electron chi connectivity index (χ4n) is 4.24. The van der Waals surface area contributed by atoms with Crippen molar-refractivity contribution in [2.24, 2.45) is 0 Å². The van der Waals surface area contributed by atoms with Crippen LogP contribution in [0.25, 0.3) is 0 Å². The molecule has 4 nitrogen and oxygen atoms in total. The summed E-state index contributed by atoms with van der Waals surface area (Å²) in [6.45, 7) is 8.66. The first-order valence-corrected chi connectivity index (χ1v) is 11.9. The second kappa shape index (κ2) is 8.47. The highest BCUT2D eigenvalue weighted by molar-refractivity contribution is 6.99. The van der Waals surface area contributed by atoms with Crippen LogP contribution in [0.3, 0.4) is 0 Å². The summed E-state index contributed by atoms with van der Waals surface area (Å²) in [5.74, 6) is 0. The molecule has 0 aromatic heterocycles. The molecule has 2 aromatic rings. The van der Waals surface area contributed by atoms with Crippen LogP contribution in [-0.2, 0) is 13.9 Å². The molecule has 0 spiro atoms. The second-order valence-electron chi connectivity index (χ2n) is 8.56. The van der Waals surface area contributed by atoms with Crippen molar-refractivity contribution in [2.75, 3.05) is 7.11 Å². The van der Waals surface area contributed by atoms with Gasteiger partial charge in [-0.1, -0.05) is 81.4 Å². The van der Waals surface area contributed by atoms with Gasteiger partial charge in [0.1, 0.15) is 0 Å². The Morgan fingerprint density at radius 2 is 1.46 bits per heavy atom. The van der Waals surface area contributed by atoms with Gasteiger partial charge in [-0.25, -0.2) is 0 Å². The van der Waals surface area contributed by atoms with Crippen molar-refractivity contribution in [1.82, 2.24) is 0 Å². The van der Waals surface area contributed by atoms with Gasteiger partial charge in [0.05, 0.1) is 18.3 Å². The molecule has 5 heteroatoms. The molecule has 3 rings (SSSR count). The molecule has 4 atom stereocenters. The van der Waals surface area contributed by atoms with Gasteiger partial charge in [0.2, 0.25) is 0 Å². The van der Waals surface area contributed by atoms with Crippen LogP contribution in [0.2, 0.25) is 5.04 Å². The maximum atomic E-state index is 10.9. The molecule has 0 bridgehead atoms. The number of ether oxygens (including phenoxy) is 2. The molecule has 152 valence electrons. The molecule has 1 N–H and O–H groups in total. The first-order valence-electron chi connectivity index (χ1n) is 9.95. The fraction of sp³-hybridized carbons (Fsp3) is 0.478. The minimum absolute atomic E-state index is 0.146. The number of methoxy groups -OCH3 is 1. The van der Waals surface area contributed by atoms with Crippen LogP contribution in [0.1, 0.15) is 34.1 Å². The Hall–Kier alpha value is -1.50. The van der Waals surface area contributed by atoms with Gasteiger partial charge in [0, 0.05) is 13.5 Å². The lowest BCUT2D eigenvalue weighted by Gasteiger charge is -2.48. The number of rotatable bonds is 5. The first kappa shape index (κ1) is 21.2. The van der Waals surface area contributed by atoms with E-state index in [4.69, 9.17) is 13.9 Å². The average molecular weight is 401 g/mol. The predicted octanol–water partition coefficient (Wildman–Crippen LogP) is 3.07. The van der Waals surface area contributed by atoms with E-state index in [-0.39, 0.29) is 11.1 Å². The maximum Gasteiger partial charge on any atom is 0.261 e. The molecular formula is C23H32O4Si. The highest BCUT2D eigenvalue weighted by Crippen LogP contribution is 2.39. The lowest BCUT2D eigenvalue weighted by Crippen LogP contribution is -2.70. The normalized spacial score (nSPS) is 26.2. The predicted molar refractivity (Wildman–Crippen MR) is 114 cm³/mol. The van der Waals surface area contributed by atoms with E-state index in [1.165, 1.54) is 10.4 Å². The van der Waals surface area contributed by atoms with Gasteiger partial charge in [-0.15, -0.1) is 0 Å². The van der Waals surface area contributed by atoms with Crippen LogP contribution < -0.4 is 10.4 Å². The highest BCUT2D eigenvalue weighted by Gasteiger charge is 2.53. The lowest BCUT2D eigenvalue weighted by atomic mass is 10.0. The van der Waals surface area contributed by atoms with Crippen LogP contribution in [0.5, 0.6) is 0 Å². The third kappa shape index (κ3) is 3.95. The summed E-state index contributed by atoms with van der Waals surface area (Å²) in [6, 6.07) is 20.9. The summed E-state index contributed by atoms with van der Waals surface area (Å²) in [5, 5.41) is 13.1. The zero-order valence-corrected chi connectivity index (χ0v) is 18.5.